The van der Waals surface area contributed by atoms with Crippen LogP contribution in [0.15, 0.2) is 78.7 Å². The zero-order chi connectivity index (χ0) is 20.6. The van der Waals surface area contributed by atoms with Gasteiger partial charge in [-0.1, -0.05) is 30.3 Å². The van der Waals surface area contributed by atoms with Crippen LogP contribution in [0.5, 0.6) is 0 Å². The monoisotopic (exact) mass is 424 g/mol. The van der Waals surface area contributed by atoms with Gasteiger partial charge in [0.05, 0.1) is 18.3 Å². The molecule has 0 amide bonds. The van der Waals surface area contributed by atoms with Crippen molar-refractivity contribution in [1.29, 1.82) is 0 Å². The van der Waals surface area contributed by atoms with Crippen LogP contribution in [0.25, 0.3) is 27.3 Å². The van der Waals surface area contributed by atoms with E-state index < -0.39 is 0 Å². The molecule has 0 aliphatic heterocycles. The molecule has 0 saturated carbocycles. The average molecular weight is 424 g/mol. The Morgan fingerprint density at radius 1 is 1.00 bits per heavy atom. The molecular formula is C22H16N8S. The molecule has 1 N–H and O–H groups in total. The molecule has 0 atom stereocenters. The number of aromatic nitrogens is 7. The molecule has 6 rings (SSSR count). The van der Waals surface area contributed by atoms with E-state index in [1.165, 1.54) is 16.9 Å². The van der Waals surface area contributed by atoms with E-state index in [0.717, 1.165) is 27.3 Å². The molecular weight excluding hydrogens is 408 g/mol. The fourth-order valence-electron chi connectivity index (χ4n) is 3.52. The fraction of sp³-hybridized carbons (Fsp3) is 0.0455. The minimum Gasteiger partial charge on any atom is -0.323 e. The van der Waals surface area contributed by atoms with Gasteiger partial charge in [-0.3, -0.25) is 4.68 Å². The largest absolute Gasteiger partial charge is 0.323 e. The van der Waals surface area contributed by atoms with Crippen molar-refractivity contribution in [3.8, 4) is 10.7 Å². The molecule has 4 heterocycles. The Hall–Kier alpha value is -4.11. The molecule has 4 aromatic heterocycles. The van der Waals surface area contributed by atoms with Crippen molar-refractivity contribution in [2.24, 2.45) is 0 Å². The minimum absolute atomic E-state index is 0.499. The van der Waals surface area contributed by atoms with Crippen molar-refractivity contribution < 1.29 is 0 Å². The van der Waals surface area contributed by atoms with Crippen LogP contribution < -0.4 is 5.32 Å². The summed E-state index contributed by atoms with van der Waals surface area (Å²) in [5.41, 5.74) is 4.52. The summed E-state index contributed by atoms with van der Waals surface area (Å²) in [6.45, 7) is 0.712. The van der Waals surface area contributed by atoms with Gasteiger partial charge in [0.1, 0.15) is 10.7 Å². The van der Waals surface area contributed by atoms with Crippen LogP contribution in [-0.4, -0.2) is 34.3 Å². The van der Waals surface area contributed by atoms with E-state index in [1.807, 2.05) is 46.6 Å². The Labute approximate surface area is 180 Å². The normalized spacial score (nSPS) is 11.4. The van der Waals surface area contributed by atoms with Gasteiger partial charge in [0, 0.05) is 35.0 Å². The van der Waals surface area contributed by atoms with E-state index in [2.05, 4.69) is 48.7 Å². The number of fused-ring (bicyclic) bond motifs is 2. The first-order valence-electron chi connectivity index (χ1n) is 9.71. The Kier molecular flexibility index (Phi) is 4.17. The lowest BCUT2D eigenvalue weighted by molar-refractivity contribution is 0.712. The topological polar surface area (TPSA) is 85.8 Å². The van der Waals surface area contributed by atoms with Gasteiger partial charge < -0.3 is 5.32 Å². The highest BCUT2D eigenvalue weighted by Crippen LogP contribution is 2.25. The van der Waals surface area contributed by atoms with Crippen molar-refractivity contribution >= 4 is 39.5 Å². The fourth-order valence-corrected chi connectivity index (χ4v) is 4.15. The van der Waals surface area contributed by atoms with Gasteiger partial charge in [-0.2, -0.15) is 10.1 Å². The zero-order valence-corrected chi connectivity index (χ0v) is 17.1. The second kappa shape index (κ2) is 7.29. The molecule has 2 aromatic carbocycles. The Morgan fingerprint density at radius 2 is 1.94 bits per heavy atom. The predicted molar refractivity (Wildman–Crippen MR) is 120 cm³/mol. The summed E-state index contributed by atoms with van der Waals surface area (Å²) in [5.74, 6) is 0.499. The summed E-state index contributed by atoms with van der Waals surface area (Å²) in [6.07, 6.45) is 7.13. The Balaban J connectivity index is 1.34. The van der Waals surface area contributed by atoms with Crippen LogP contribution in [0.4, 0.5) is 11.6 Å². The molecule has 9 heteroatoms. The number of anilines is 2. The molecule has 0 saturated heterocycles. The molecule has 8 nitrogen and oxygen atoms in total. The molecule has 0 unspecified atom stereocenters. The van der Waals surface area contributed by atoms with Gasteiger partial charge in [-0.15, -0.1) is 16.4 Å². The van der Waals surface area contributed by atoms with E-state index in [9.17, 15) is 0 Å². The van der Waals surface area contributed by atoms with Crippen LogP contribution in [0.2, 0.25) is 0 Å². The summed E-state index contributed by atoms with van der Waals surface area (Å²) in [4.78, 5) is 13.4. The summed E-state index contributed by atoms with van der Waals surface area (Å²) in [6, 6.07) is 16.4. The van der Waals surface area contributed by atoms with Gasteiger partial charge in [-0.25, -0.2) is 14.5 Å². The van der Waals surface area contributed by atoms with Gasteiger partial charge in [0.2, 0.25) is 5.95 Å². The number of hydrogen-bond donors (Lipinski definition) is 1. The molecule has 31 heavy (non-hydrogen) atoms. The van der Waals surface area contributed by atoms with Gasteiger partial charge in [0.25, 0.3) is 0 Å². The van der Waals surface area contributed by atoms with Crippen LogP contribution in [-0.2, 0) is 6.54 Å². The highest BCUT2D eigenvalue weighted by Gasteiger charge is 2.13. The Morgan fingerprint density at radius 3 is 2.81 bits per heavy atom. The maximum atomic E-state index is 4.64. The molecule has 0 radical (unpaired) electrons. The first-order valence-corrected chi connectivity index (χ1v) is 10.6. The smallest absolute Gasteiger partial charge is 0.247 e. The van der Waals surface area contributed by atoms with Crippen LogP contribution in [0.3, 0.4) is 0 Å². The molecule has 0 fully saturated rings. The van der Waals surface area contributed by atoms with Crippen molar-refractivity contribution in [3.05, 3.63) is 84.3 Å². The van der Waals surface area contributed by atoms with Gasteiger partial charge >= 0.3 is 0 Å². The number of nitrogens with zero attached hydrogens (tertiary/aromatic N) is 7. The first-order chi connectivity index (χ1) is 15.3. The average Bonchev–Trinajstić information content (AvgIpc) is 3.54. The lowest BCUT2D eigenvalue weighted by Gasteiger charge is -2.06. The predicted octanol–water partition coefficient (Wildman–Crippen LogP) is 4.39. The molecule has 150 valence electrons. The third kappa shape index (κ3) is 3.30. The van der Waals surface area contributed by atoms with E-state index in [1.54, 1.807) is 23.1 Å². The van der Waals surface area contributed by atoms with Gasteiger partial charge in [0.15, 0.2) is 5.65 Å². The van der Waals surface area contributed by atoms with Crippen LogP contribution in [0.1, 0.15) is 5.56 Å². The summed E-state index contributed by atoms with van der Waals surface area (Å²) >= 11 is 1.52. The lowest BCUT2D eigenvalue weighted by atomic mass is 10.2. The maximum absolute atomic E-state index is 4.64. The highest BCUT2D eigenvalue weighted by atomic mass is 32.1. The van der Waals surface area contributed by atoms with Crippen molar-refractivity contribution in [3.63, 3.8) is 0 Å². The third-order valence-corrected chi connectivity index (χ3v) is 5.75. The summed E-state index contributed by atoms with van der Waals surface area (Å²) < 4.78 is 3.71. The van der Waals surface area contributed by atoms with Crippen molar-refractivity contribution in [1.82, 2.24) is 34.3 Å². The second-order valence-electron chi connectivity index (χ2n) is 7.00. The lowest BCUT2D eigenvalue weighted by Crippen LogP contribution is -2.01. The molecule has 0 bridgehead atoms. The van der Waals surface area contributed by atoms with Crippen LogP contribution in [0, 0.1) is 0 Å². The first kappa shape index (κ1) is 17.7. The number of benzene rings is 2. The summed E-state index contributed by atoms with van der Waals surface area (Å²) in [5, 5.41) is 16.2. The van der Waals surface area contributed by atoms with E-state index in [0.29, 0.717) is 18.1 Å². The molecule has 0 aliphatic carbocycles. The second-order valence-corrected chi connectivity index (χ2v) is 7.90. The number of rotatable bonds is 5. The summed E-state index contributed by atoms with van der Waals surface area (Å²) in [7, 11) is 0. The number of hydrogen-bond acceptors (Lipinski definition) is 7. The number of nitrogens with one attached hydrogen (secondary N) is 1. The van der Waals surface area contributed by atoms with Crippen LogP contribution >= 0.6 is 11.3 Å². The number of thiazole rings is 1. The minimum atomic E-state index is 0.499. The Bertz CT molecular complexity index is 1480. The van der Waals surface area contributed by atoms with E-state index in [-0.39, 0.29) is 0 Å². The van der Waals surface area contributed by atoms with E-state index >= 15 is 0 Å². The molecule has 6 aromatic rings. The SMILES string of the molecule is c1ccc(Cn2ncc3ccc(Nc4nc5c(-c6nccs6)nccn5n4)cc32)cc1. The molecule has 0 spiro atoms. The van der Waals surface area contributed by atoms with Crippen molar-refractivity contribution in [2.45, 2.75) is 6.54 Å². The third-order valence-electron chi connectivity index (χ3n) is 4.97. The maximum Gasteiger partial charge on any atom is 0.247 e. The van der Waals surface area contributed by atoms with Crippen molar-refractivity contribution in [2.75, 3.05) is 5.32 Å². The quantitative estimate of drug-likeness (QED) is 0.442. The standard InChI is InChI=1S/C22H16N8S/c1-2-4-15(5-3-1)14-30-18-12-17(7-6-16(18)13-25-30)26-22-27-20-19(21-24-9-11-31-21)23-8-10-29(20)28-22/h1-13H,14H2,(H,26,28). The van der Waals surface area contributed by atoms with E-state index in [4.69, 9.17) is 0 Å². The molecule has 0 aliphatic rings. The zero-order valence-electron chi connectivity index (χ0n) is 16.3. The van der Waals surface area contributed by atoms with Gasteiger partial charge in [-0.05, 0) is 23.8 Å². The highest BCUT2D eigenvalue weighted by molar-refractivity contribution is 7.13.